The van der Waals surface area contributed by atoms with Gasteiger partial charge in [0.2, 0.25) is 0 Å². The number of methoxy groups -OCH3 is 1. The third-order valence-electron chi connectivity index (χ3n) is 3.49. The maximum absolute atomic E-state index is 11.5. The van der Waals surface area contributed by atoms with Gasteiger partial charge in [0, 0.05) is 18.7 Å². The van der Waals surface area contributed by atoms with E-state index in [1.165, 1.54) is 20.0 Å². The van der Waals surface area contributed by atoms with Gasteiger partial charge in [0.25, 0.3) is 0 Å². The average Bonchev–Trinajstić information content (AvgIpc) is 3.08. The van der Waals surface area contributed by atoms with E-state index in [0.717, 1.165) is 18.8 Å². The van der Waals surface area contributed by atoms with E-state index in [1.807, 2.05) is 10.6 Å². The lowest BCUT2D eigenvalue weighted by molar-refractivity contribution is 0.0600. The van der Waals surface area contributed by atoms with Crippen LogP contribution in [0.25, 0.3) is 5.65 Å². The first-order chi connectivity index (χ1) is 9.28. The number of carbonyl (C=O) groups excluding carboxylic acids is 1. The minimum Gasteiger partial charge on any atom is -0.465 e. The maximum Gasteiger partial charge on any atom is 0.338 e. The third kappa shape index (κ3) is 2.31. The number of hydrogen-bond acceptors (Lipinski definition) is 5. The van der Waals surface area contributed by atoms with Gasteiger partial charge in [0.15, 0.2) is 5.65 Å². The summed E-state index contributed by atoms with van der Waals surface area (Å²) in [4.78, 5) is 11.5. The van der Waals surface area contributed by atoms with E-state index in [0.29, 0.717) is 17.3 Å². The fraction of sp³-hybridized carbons (Fsp3) is 0.462. The van der Waals surface area contributed by atoms with Crippen molar-refractivity contribution in [2.45, 2.75) is 25.3 Å². The van der Waals surface area contributed by atoms with Gasteiger partial charge in [-0.15, -0.1) is 10.2 Å². The number of nitrogens with zero attached hydrogens (tertiary/aromatic N) is 3. The summed E-state index contributed by atoms with van der Waals surface area (Å²) in [7, 11) is 1.37. The molecule has 1 aliphatic rings. The number of carbonyl (C=O) groups is 1. The van der Waals surface area contributed by atoms with Crippen LogP contribution in [0.2, 0.25) is 0 Å². The Hall–Kier alpha value is -1.95. The molecule has 1 unspecified atom stereocenters. The predicted octanol–water partition coefficient (Wildman–Crippen LogP) is 0.810. The van der Waals surface area contributed by atoms with Gasteiger partial charge in [0.05, 0.1) is 12.7 Å². The molecule has 1 aliphatic heterocycles. The summed E-state index contributed by atoms with van der Waals surface area (Å²) in [6.45, 7) is 1.08. The largest absolute Gasteiger partial charge is 0.465 e. The Labute approximate surface area is 110 Å². The Bertz CT molecular complexity index is 602. The molecule has 6 nitrogen and oxygen atoms in total. The molecule has 6 heteroatoms. The molecule has 1 saturated heterocycles. The topological polar surface area (TPSA) is 68.5 Å². The van der Waals surface area contributed by atoms with Crippen LogP contribution in [-0.4, -0.2) is 40.3 Å². The zero-order valence-corrected chi connectivity index (χ0v) is 10.8. The highest BCUT2D eigenvalue weighted by Gasteiger charge is 2.18. The molecule has 1 atom stereocenters. The number of esters is 1. The Morgan fingerprint density at radius 3 is 3.21 bits per heavy atom. The molecule has 2 aromatic rings. The first kappa shape index (κ1) is 12.1. The lowest BCUT2D eigenvalue weighted by Crippen LogP contribution is -2.24. The average molecular weight is 260 g/mol. The van der Waals surface area contributed by atoms with Crippen molar-refractivity contribution in [2.24, 2.45) is 0 Å². The standard InChI is InChI=1S/C13H16N4O2/c1-19-13(18)9-4-6-17-11(7-9)15-16-12(17)8-10-3-2-5-14-10/h4,6-7,10,14H,2-3,5,8H2,1H3. The highest BCUT2D eigenvalue weighted by Crippen LogP contribution is 2.13. The Kier molecular flexibility index (Phi) is 3.16. The summed E-state index contributed by atoms with van der Waals surface area (Å²) < 4.78 is 6.62. The molecule has 3 rings (SSSR count). The van der Waals surface area contributed by atoms with Crippen molar-refractivity contribution in [3.05, 3.63) is 29.7 Å². The molecule has 19 heavy (non-hydrogen) atoms. The first-order valence-electron chi connectivity index (χ1n) is 6.43. The second kappa shape index (κ2) is 4.97. The molecule has 0 aromatic carbocycles. The minimum absolute atomic E-state index is 0.357. The summed E-state index contributed by atoms with van der Waals surface area (Å²) in [6.07, 6.45) is 5.08. The van der Waals surface area contributed by atoms with Crippen LogP contribution in [0.5, 0.6) is 0 Å². The lowest BCUT2D eigenvalue weighted by atomic mass is 10.1. The highest BCUT2D eigenvalue weighted by molar-refractivity contribution is 5.90. The van der Waals surface area contributed by atoms with Crippen molar-refractivity contribution >= 4 is 11.6 Å². The number of fused-ring (bicyclic) bond motifs is 1. The Morgan fingerprint density at radius 2 is 2.47 bits per heavy atom. The monoisotopic (exact) mass is 260 g/mol. The normalized spacial score (nSPS) is 18.9. The number of ether oxygens (including phenoxy) is 1. The van der Waals surface area contributed by atoms with E-state index < -0.39 is 0 Å². The van der Waals surface area contributed by atoms with Crippen LogP contribution < -0.4 is 5.32 Å². The number of hydrogen-bond donors (Lipinski definition) is 1. The zero-order chi connectivity index (χ0) is 13.2. The zero-order valence-electron chi connectivity index (χ0n) is 10.8. The molecule has 1 N–H and O–H groups in total. The maximum atomic E-state index is 11.5. The number of rotatable bonds is 3. The van der Waals surface area contributed by atoms with E-state index in [9.17, 15) is 4.79 Å². The van der Waals surface area contributed by atoms with Gasteiger partial charge in [-0.3, -0.25) is 4.40 Å². The van der Waals surface area contributed by atoms with Gasteiger partial charge in [-0.1, -0.05) is 0 Å². The van der Waals surface area contributed by atoms with Crippen LogP contribution in [-0.2, 0) is 11.2 Å². The summed E-state index contributed by atoms with van der Waals surface area (Å²) in [5, 5.41) is 11.8. The lowest BCUT2D eigenvalue weighted by Gasteiger charge is -2.08. The highest BCUT2D eigenvalue weighted by atomic mass is 16.5. The molecule has 0 aliphatic carbocycles. The van der Waals surface area contributed by atoms with Crippen LogP contribution in [0.3, 0.4) is 0 Å². The van der Waals surface area contributed by atoms with Crippen LogP contribution in [0.4, 0.5) is 0 Å². The fourth-order valence-corrected chi connectivity index (χ4v) is 2.48. The molecule has 100 valence electrons. The summed E-state index contributed by atoms with van der Waals surface area (Å²) in [5.74, 6) is 0.565. The Balaban J connectivity index is 1.88. The molecule has 0 bridgehead atoms. The third-order valence-corrected chi connectivity index (χ3v) is 3.49. The van der Waals surface area contributed by atoms with Crippen molar-refractivity contribution in [1.29, 1.82) is 0 Å². The van der Waals surface area contributed by atoms with Crippen LogP contribution in [0, 0.1) is 0 Å². The number of aromatic nitrogens is 3. The van der Waals surface area contributed by atoms with Crippen LogP contribution in [0.1, 0.15) is 29.0 Å². The van der Waals surface area contributed by atoms with Crippen molar-refractivity contribution < 1.29 is 9.53 Å². The SMILES string of the molecule is COC(=O)c1ccn2c(CC3CCCN3)nnc2c1. The van der Waals surface area contributed by atoms with Gasteiger partial charge in [-0.25, -0.2) is 4.79 Å². The van der Waals surface area contributed by atoms with Crippen molar-refractivity contribution in [1.82, 2.24) is 19.9 Å². The summed E-state index contributed by atoms with van der Waals surface area (Å²) in [5.41, 5.74) is 1.17. The van der Waals surface area contributed by atoms with E-state index in [1.54, 1.807) is 12.1 Å². The van der Waals surface area contributed by atoms with Gasteiger partial charge >= 0.3 is 5.97 Å². The van der Waals surface area contributed by atoms with Gasteiger partial charge in [0.1, 0.15) is 5.82 Å². The van der Waals surface area contributed by atoms with E-state index >= 15 is 0 Å². The molecule has 0 radical (unpaired) electrons. The fourth-order valence-electron chi connectivity index (χ4n) is 2.48. The number of nitrogens with one attached hydrogen (secondary N) is 1. The smallest absolute Gasteiger partial charge is 0.338 e. The Morgan fingerprint density at radius 1 is 1.58 bits per heavy atom. The van der Waals surface area contributed by atoms with Crippen LogP contribution in [0.15, 0.2) is 18.3 Å². The molecular formula is C13H16N4O2. The van der Waals surface area contributed by atoms with Gasteiger partial charge < -0.3 is 10.1 Å². The molecule has 0 spiro atoms. The molecular weight excluding hydrogens is 244 g/mol. The summed E-state index contributed by atoms with van der Waals surface area (Å²) in [6, 6.07) is 3.91. The molecule has 0 amide bonds. The van der Waals surface area contributed by atoms with E-state index in [2.05, 4.69) is 15.5 Å². The quantitative estimate of drug-likeness (QED) is 0.827. The molecule has 1 fully saturated rings. The first-order valence-corrected chi connectivity index (χ1v) is 6.43. The van der Waals surface area contributed by atoms with Crippen LogP contribution >= 0.6 is 0 Å². The van der Waals surface area contributed by atoms with E-state index in [4.69, 9.17) is 4.74 Å². The minimum atomic E-state index is -0.357. The van der Waals surface area contributed by atoms with Crippen molar-refractivity contribution in [3.8, 4) is 0 Å². The molecule has 0 saturated carbocycles. The van der Waals surface area contributed by atoms with E-state index in [-0.39, 0.29) is 5.97 Å². The van der Waals surface area contributed by atoms with Gasteiger partial charge in [-0.05, 0) is 31.5 Å². The second-order valence-electron chi connectivity index (χ2n) is 4.75. The van der Waals surface area contributed by atoms with Gasteiger partial charge in [-0.2, -0.15) is 0 Å². The second-order valence-corrected chi connectivity index (χ2v) is 4.75. The summed E-state index contributed by atoms with van der Waals surface area (Å²) >= 11 is 0. The molecule has 2 aromatic heterocycles. The van der Waals surface area contributed by atoms with Crippen molar-refractivity contribution in [2.75, 3.05) is 13.7 Å². The number of pyridine rings is 1. The molecule has 3 heterocycles. The van der Waals surface area contributed by atoms with Crippen molar-refractivity contribution in [3.63, 3.8) is 0 Å². The predicted molar refractivity (Wildman–Crippen MR) is 69.1 cm³/mol.